The Morgan fingerprint density at radius 3 is 2.21 bits per heavy atom. The lowest BCUT2D eigenvalue weighted by atomic mass is 10.1. The van der Waals surface area contributed by atoms with Crippen molar-refractivity contribution in [1.82, 2.24) is 0 Å². The van der Waals surface area contributed by atoms with Gasteiger partial charge in [-0.3, -0.25) is 0 Å². The van der Waals surface area contributed by atoms with Gasteiger partial charge in [0, 0.05) is 11.8 Å². The number of ether oxygens (including phenoxy) is 1. The second kappa shape index (κ2) is 12.2. The third kappa shape index (κ3) is 8.09. The third-order valence-electron chi connectivity index (χ3n) is 3.90. The molecule has 2 nitrogen and oxygen atoms in total. The lowest BCUT2D eigenvalue weighted by Gasteiger charge is -2.09. The maximum atomic E-state index is 5.84. The van der Waals surface area contributed by atoms with Crippen LogP contribution >= 0.6 is 25.0 Å². The van der Waals surface area contributed by atoms with E-state index >= 15 is 0 Å². The average molecular weight is 366 g/mol. The predicted molar refractivity (Wildman–Crippen MR) is 109 cm³/mol. The second-order valence-corrected chi connectivity index (χ2v) is 6.31. The quantitative estimate of drug-likeness (QED) is 0.464. The summed E-state index contributed by atoms with van der Waals surface area (Å²) in [7, 11) is 0. The van der Waals surface area contributed by atoms with Crippen LogP contribution in [0.1, 0.15) is 36.8 Å². The van der Waals surface area contributed by atoms with Gasteiger partial charge in [0.2, 0.25) is 0 Å². The zero-order valence-electron chi connectivity index (χ0n) is 14.1. The van der Waals surface area contributed by atoms with Gasteiger partial charge in [-0.15, -0.1) is 12.4 Å². The summed E-state index contributed by atoms with van der Waals surface area (Å²) in [5.41, 5.74) is 8.48. The van der Waals surface area contributed by atoms with Crippen molar-refractivity contribution in [3.05, 3.63) is 65.7 Å². The summed E-state index contributed by atoms with van der Waals surface area (Å²) in [4.78, 5) is 0. The number of nitrogens with two attached hydrogens (primary N) is 1. The lowest BCUT2D eigenvalue weighted by Crippen LogP contribution is -2.21. The standard InChI is InChI=1S/C20H27NOS.ClH/c21-19(16-23)9-5-2-6-14-22-20-12-10-18(11-13-20)15-17-7-3-1-4-8-17;/h1,3-4,7-8,10-13,19,23H,2,5-6,9,14-16,21H2;1H. The topological polar surface area (TPSA) is 35.2 Å². The molecule has 2 N–H and O–H groups in total. The van der Waals surface area contributed by atoms with Crippen molar-refractivity contribution in [2.45, 2.75) is 38.1 Å². The van der Waals surface area contributed by atoms with Gasteiger partial charge >= 0.3 is 0 Å². The summed E-state index contributed by atoms with van der Waals surface area (Å²) in [6.07, 6.45) is 5.41. The van der Waals surface area contributed by atoms with Crippen LogP contribution in [0.2, 0.25) is 0 Å². The number of halogens is 1. The van der Waals surface area contributed by atoms with Gasteiger partial charge < -0.3 is 10.5 Å². The molecule has 0 aromatic heterocycles. The molecule has 0 aliphatic rings. The molecule has 2 aromatic rings. The van der Waals surface area contributed by atoms with Gasteiger partial charge in [-0.05, 0) is 42.5 Å². The van der Waals surface area contributed by atoms with E-state index in [4.69, 9.17) is 10.5 Å². The average Bonchev–Trinajstić information content (AvgIpc) is 2.60. The monoisotopic (exact) mass is 365 g/mol. The first-order valence-electron chi connectivity index (χ1n) is 8.40. The van der Waals surface area contributed by atoms with Gasteiger partial charge in [0.05, 0.1) is 6.61 Å². The highest BCUT2D eigenvalue weighted by Crippen LogP contribution is 2.16. The van der Waals surface area contributed by atoms with Crippen molar-refractivity contribution in [3.8, 4) is 5.75 Å². The molecule has 0 fully saturated rings. The van der Waals surface area contributed by atoms with E-state index in [1.54, 1.807) is 0 Å². The fourth-order valence-electron chi connectivity index (χ4n) is 2.50. The van der Waals surface area contributed by atoms with E-state index < -0.39 is 0 Å². The minimum atomic E-state index is 0. The van der Waals surface area contributed by atoms with Crippen LogP contribution in [0.5, 0.6) is 5.75 Å². The molecule has 0 aliphatic carbocycles. The van der Waals surface area contributed by atoms with Crippen LogP contribution in [-0.2, 0) is 6.42 Å². The number of hydrogen-bond acceptors (Lipinski definition) is 3. The molecule has 2 aromatic carbocycles. The van der Waals surface area contributed by atoms with Crippen LogP contribution in [0.3, 0.4) is 0 Å². The Morgan fingerprint density at radius 2 is 1.54 bits per heavy atom. The van der Waals surface area contributed by atoms with Crippen LogP contribution < -0.4 is 10.5 Å². The summed E-state index contributed by atoms with van der Waals surface area (Å²) >= 11 is 4.20. The normalized spacial score (nSPS) is 11.6. The molecule has 24 heavy (non-hydrogen) atoms. The summed E-state index contributed by atoms with van der Waals surface area (Å²) in [6, 6.07) is 19.2. The summed E-state index contributed by atoms with van der Waals surface area (Å²) in [5.74, 6) is 1.72. The SMILES string of the molecule is Cl.NC(CS)CCCCCOc1ccc(Cc2ccccc2)cc1. The van der Waals surface area contributed by atoms with Crippen LogP contribution in [0.4, 0.5) is 0 Å². The number of unbranched alkanes of at least 4 members (excludes halogenated alkanes) is 2. The Labute approximate surface area is 157 Å². The smallest absolute Gasteiger partial charge is 0.119 e. The van der Waals surface area contributed by atoms with Gasteiger partial charge in [-0.1, -0.05) is 55.3 Å². The maximum Gasteiger partial charge on any atom is 0.119 e. The molecule has 0 aliphatic heterocycles. The number of rotatable bonds is 10. The number of thiol groups is 1. The van der Waals surface area contributed by atoms with Crippen molar-refractivity contribution < 1.29 is 4.74 Å². The third-order valence-corrected chi connectivity index (χ3v) is 4.37. The molecule has 4 heteroatoms. The first kappa shape index (κ1) is 20.9. The molecule has 0 saturated heterocycles. The van der Waals surface area contributed by atoms with Gasteiger partial charge in [0.25, 0.3) is 0 Å². The van der Waals surface area contributed by atoms with Crippen LogP contribution in [0.15, 0.2) is 54.6 Å². The summed E-state index contributed by atoms with van der Waals surface area (Å²) < 4.78 is 5.80. The van der Waals surface area contributed by atoms with E-state index in [1.165, 1.54) is 11.1 Å². The van der Waals surface area contributed by atoms with Crippen molar-refractivity contribution in [1.29, 1.82) is 0 Å². The van der Waals surface area contributed by atoms with Crippen LogP contribution in [0, 0.1) is 0 Å². The number of hydrogen-bond donors (Lipinski definition) is 2. The van der Waals surface area contributed by atoms with E-state index in [9.17, 15) is 0 Å². The molecule has 0 amide bonds. The zero-order chi connectivity index (χ0) is 16.3. The van der Waals surface area contributed by atoms with Gasteiger partial charge in [0.15, 0.2) is 0 Å². The van der Waals surface area contributed by atoms with Gasteiger partial charge in [-0.2, -0.15) is 12.6 Å². The van der Waals surface area contributed by atoms with Crippen molar-refractivity contribution in [3.63, 3.8) is 0 Å². The molecular formula is C20H28ClNOS. The Morgan fingerprint density at radius 1 is 0.875 bits per heavy atom. The molecular weight excluding hydrogens is 338 g/mol. The first-order valence-corrected chi connectivity index (χ1v) is 9.03. The summed E-state index contributed by atoms with van der Waals surface area (Å²) in [5, 5.41) is 0. The Bertz CT molecular complexity index is 547. The highest BCUT2D eigenvalue weighted by Gasteiger charge is 2.00. The molecule has 1 atom stereocenters. The molecule has 1 unspecified atom stereocenters. The molecule has 0 spiro atoms. The molecule has 2 rings (SSSR count). The lowest BCUT2D eigenvalue weighted by molar-refractivity contribution is 0.304. The van der Waals surface area contributed by atoms with E-state index in [0.717, 1.165) is 50.2 Å². The van der Waals surface area contributed by atoms with Gasteiger partial charge in [0.1, 0.15) is 5.75 Å². The molecule has 0 radical (unpaired) electrons. The van der Waals surface area contributed by atoms with E-state index in [2.05, 4.69) is 61.2 Å². The first-order chi connectivity index (χ1) is 11.3. The maximum absolute atomic E-state index is 5.84. The molecule has 132 valence electrons. The van der Waals surface area contributed by atoms with E-state index in [0.29, 0.717) is 0 Å². The zero-order valence-corrected chi connectivity index (χ0v) is 15.8. The Kier molecular flexibility index (Phi) is 10.6. The second-order valence-electron chi connectivity index (χ2n) is 5.95. The van der Waals surface area contributed by atoms with Crippen LogP contribution in [-0.4, -0.2) is 18.4 Å². The molecule has 0 heterocycles. The van der Waals surface area contributed by atoms with Crippen LogP contribution in [0.25, 0.3) is 0 Å². The van der Waals surface area contributed by atoms with E-state index in [-0.39, 0.29) is 18.4 Å². The number of benzene rings is 2. The summed E-state index contributed by atoms with van der Waals surface area (Å²) in [6.45, 7) is 0.772. The highest BCUT2D eigenvalue weighted by molar-refractivity contribution is 7.80. The van der Waals surface area contributed by atoms with Gasteiger partial charge in [-0.25, -0.2) is 0 Å². The van der Waals surface area contributed by atoms with E-state index in [1.807, 2.05) is 6.07 Å². The molecule has 0 bridgehead atoms. The minimum Gasteiger partial charge on any atom is -0.494 e. The van der Waals surface area contributed by atoms with Crippen molar-refractivity contribution >= 4 is 25.0 Å². The predicted octanol–water partition coefficient (Wildman–Crippen LogP) is 4.90. The fraction of sp³-hybridized carbons (Fsp3) is 0.400. The Balaban J connectivity index is 0.00000288. The highest BCUT2D eigenvalue weighted by atomic mass is 35.5. The van der Waals surface area contributed by atoms with Crippen molar-refractivity contribution in [2.75, 3.05) is 12.4 Å². The molecule has 0 saturated carbocycles. The van der Waals surface area contributed by atoms with Crippen molar-refractivity contribution in [2.24, 2.45) is 5.73 Å². The largest absolute Gasteiger partial charge is 0.494 e. The Hall–Kier alpha value is -1.16. The minimum absolute atomic E-state index is 0. The fourth-order valence-corrected chi connectivity index (χ4v) is 2.68.